The third-order valence-corrected chi connectivity index (χ3v) is 5.74. The molecule has 0 aromatic heterocycles. The van der Waals surface area contributed by atoms with Gasteiger partial charge < -0.3 is 25.2 Å². The van der Waals surface area contributed by atoms with Gasteiger partial charge in [0, 0.05) is 40.4 Å². The van der Waals surface area contributed by atoms with Crippen LogP contribution in [0.1, 0.15) is 39.0 Å². The maximum Gasteiger partial charge on any atom is 0.173 e. The van der Waals surface area contributed by atoms with E-state index in [9.17, 15) is 25.2 Å². The van der Waals surface area contributed by atoms with E-state index < -0.39 is 5.75 Å². The van der Waals surface area contributed by atoms with Crippen molar-refractivity contribution in [1.82, 2.24) is 0 Å². The molecule has 0 saturated heterocycles. The molecule has 1 aliphatic rings. The summed E-state index contributed by atoms with van der Waals surface area (Å²) in [4.78, 5) is 12.6. The highest BCUT2D eigenvalue weighted by atomic mass is 35.5. The fraction of sp³-hybridized carbons (Fsp3) is 0.174. The number of halogens is 2. The molecular weight excluding hydrogens is 443 g/mol. The van der Waals surface area contributed by atoms with Crippen LogP contribution in [0.3, 0.4) is 0 Å². The van der Waals surface area contributed by atoms with Crippen molar-refractivity contribution in [2.45, 2.75) is 19.3 Å². The third kappa shape index (κ3) is 3.96. The first-order valence-electron chi connectivity index (χ1n) is 9.46. The molecule has 160 valence electrons. The van der Waals surface area contributed by atoms with E-state index in [4.69, 9.17) is 27.9 Å². The molecule has 3 aromatic carbocycles. The van der Waals surface area contributed by atoms with E-state index >= 15 is 0 Å². The second kappa shape index (κ2) is 8.21. The highest BCUT2D eigenvalue weighted by Crippen LogP contribution is 2.47. The summed E-state index contributed by atoms with van der Waals surface area (Å²) in [5, 5.41) is 43.1. The van der Waals surface area contributed by atoms with Gasteiger partial charge >= 0.3 is 0 Å². The summed E-state index contributed by atoms with van der Waals surface area (Å²) in [6.45, 7) is 0.105. The Labute approximate surface area is 187 Å². The quantitative estimate of drug-likeness (QED) is 0.438. The van der Waals surface area contributed by atoms with Crippen molar-refractivity contribution in [3.05, 3.63) is 74.3 Å². The van der Waals surface area contributed by atoms with Gasteiger partial charge in [-0.2, -0.15) is 0 Å². The maximum atomic E-state index is 12.6. The molecule has 8 heteroatoms. The number of carbonyl (C=O) groups excluding carboxylic acids is 1. The van der Waals surface area contributed by atoms with Crippen molar-refractivity contribution in [2.75, 3.05) is 6.61 Å². The van der Waals surface area contributed by atoms with E-state index in [1.165, 1.54) is 30.3 Å². The lowest BCUT2D eigenvalue weighted by Crippen LogP contribution is -2.18. The lowest BCUT2D eigenvalue weighted by Gasteiger charge is -2.24. The lowest BCUT2D eigenvalue weighted by atomic mass is 9.89. The van der Waals surface area contributed by atoms with Gasteiger partial charge in [0.2, 0.25) is 0 Å². The van der Waals surface area contributed by atoms with Gasteiger partial charge in [0.1, 0.15) is 34.3 Å². The van der Waals surface area contributed by atoms with E-state index in [-0.39, 0.29) is 71.3 Å². The predicted molar refractivity (Wildman–Crippen MR) is 116 cm³/mol. The largest absolute Gasteiger partial charge is 0.508 e. The van der Waals surface area contributed by atoms with Crippen molar-refractivity contribution in [1.29, 1.82) is 0 Å². The number of ketones is 1. The summed E-state index contributed by atoms with van der Waals surface area (Å²) in [7, 11) is 0. The minimum Gasteiger partial charge on any atom is -0.508 e. The molecule has 0 unspecified atom stereocenters. The van der Waals surface area contributed by atoms with Crippen LogP contribution in [0, 0.1) is 0 Å². The molecule has 0 bridgehead atoms. The molecule has 0 radical (unpaired) electrons. The Bertz CT molecular complexity index is 1210. The predicted octanol–water partition coefficient (Wildman–Crippen LogP) is 4.96. The number of Topliss-reactive ketones (excluding diaryl/α,β-unsaturated/α-hetero) is 1. The van der Waals surface area contributed by atoms with Crippen LogP contribution in [0.4, 0.5) is 0 Å². The summed E-state index contributed by atoms with van der Waals surface area (Å²) in [5.41, 5.74) is 1.02. The normalized spacial score (nSPS) is 13.0. The molecule has 0 saturated carbocycles. The molecule has 1 heterocycles. The van der Waals surface area contributed by atoms with Crippen LogP contribution in [0.2, 0.25) is 10.0 Å². The molecular formula is C23H18Cl2O6. The molecule has 0 spiro atoms. The van der Waals surface area contributed by atoms with Gasteiger partial charge in [0.05, 0.1) is 6.61 Å². The van der Waals surface area contributed by atoms with E-state index in [1.807, 2.05) is 0 Å². The monoisotopic (exact) mass is 460 g/mol. The zero-order chi connectivity index (χ0) is 22.3. The summed E-state index contributed by atoms with van der Waals surface area (Å²) >= 11 is 12.1. The minimum absolute atomic E-state index is 0.00263. The Balaban J connectivity index is 1.91. The summed E-state index contributed by atoms with van der Waals surface area (Å²) in [5.74, 6) is -1.07. The second-order valence-electron chi connectivity index (χ2n) is 7.28. The van der Waals surface area contributed by atoms with Gasteiger partial charge in [-0.1, -0.05) is 23.2 Å². The zero-order valence-electron chi connectivity index (χ0n) is 16.2. The molecule has 6 nitrogen and oxygen atoms in total. The van der Waals surface area contributed by atoms with Crippen molar-refractivity contribution < 1.29 is 30.0 Å². The summed E-state index contributed by atoms with van der Waals surface area (Å²) in [6, 6.07) is 8.93. The van der Waals surface area contributed by atoms with Crippen LogP contribution in [-0.2, 0) is 12.8 Å². The number of rotatable bonds is 4. The number of aromatic hydroxyl groups is 4. The van der Waals surface area contributed by atoms with Gasteiger partial charge in [0.15, 0.2) is 5.78 Å². The van der Waals surface area contributed by atoms with Gasteiger partial charge in [0.25, 0.3) is 0 Å². The second-order valence-corrected chi connectivity index (χ2v) is 8.15. The molecule has 31 heavy (non-hydrogen) atoms. The molecule has 1 aliphatic heterocycles. The Morgan fingerprint density at radius 1 is 0.806 bits per heavy atom. The number of carbonyl (C=O) groups is 1. The molecule has 0 aliphatic carbocycles. The van der Waals surface area contributed by atoms with Crippen LogP contribution in [0.15, 0.2) is 36.4 Å². The van der Waals surface area contributed by atoms with Crippen LogP contribution >= 0.6 is 23.2 Å². The highest BCUT2D eigenvalue weighted by Gasteiger charge is 2.32. The van der Waals surface area contributed by atoms with Crippen molar-refractivity contribution in [3.63, 3.8) is 0 Å². The van der Waals surface area contributed by atoms with Crippen LogP contribution in [0.5, 0.6) is 28.7 Å². The number of ether oxygens (including phenoxy) is 1. The molecule has 0 atom stereocenters. The average molecular weight is 461 g/mol. The van der Waals surface area contributed by atoms with Crippen LogP contribution in [-0.4, -0.2) is 32.8 Å². The number of phenols is 4. The molecule has 3 aromatic rings. The summed E-state index contributed by atoms with van der Waals surface area (Å²) < 4.78 is 5.65. The van der Waals surface area contributed by atoms with Crippen molar-refractivity contribution in [2.24, 2.45) is 0 Å². The number of hydrogen-bond donors (Lipinski definition) is 4. The van der Waals surface area contributed by atoms with Gasteiger partial charge in [-0.3, -0.25) is 4.79 Å². The molecule has 0 fully saturated rings. The number of hydrogen-bond acceptors (Lipinski definition) is 6. The van der Waals surface area contributed by atoms with E-state index in [0.29, 0.717) is 21.2 Å². The lowest BCUT2D eigenvalue weighted by molar-refractivity contribution is 0.0928. The topological polar surface area (TPSA) is 107 Å². The number of phenolic OH excluding ortho intramolecular Hbond substituents is 4. The van der Waals surface area contributed by atoms with Gasteiger partial charge in [-0.05, 0) is 47.5 Å². The Morgan fingerprint density at radius 2 is 1.35 bits per heavy atom. The van der Waals surface area contributed by atoms with Gasteiger partial charge in [-0.25, -0.2) is 0 Å². The standard InChI is InChI=1S/C23H18Cl2O6/c24-13-1-3-17(26)11(7-13)9-15-21(29)16(10-12-8-14(25)2-4-18(12)27)23-20(22(15)30)19(28)5-6-31-23/h1-4,7-8,26-27,29-30H,5-6,9-10H2. The van der Waals surface area contributed by atoms with Crippen LogP contribution < -0.4 is 4.74 Å². The first kappa shape index (κ1) is 21.2. The van der Waals surface area contributed by atoms with Gasteiger partial charge in [-0.15, -0.1) is 0 Å². The molecule has 0 amide bonds. The van der Waals surface area contributed by atoms with Crippen molar-refractivity contribution >= 4 is 29.0 Å². The first-order chi connectivity index (χ1) is 14.8. The number of benzene rings is 3. The average Bonchev–Trinajstić information content (AvgIpc) is 2.73. The highest BCUT2D eigenvalue weighted by molar-refractivity contribution is 6.31. The maximum absolute atomic E-state index is 12.6. The molecule has 4 rings (SSSR count). The Kier molecular flexibility index (Phi) is 5.60. The first-order valence-corrected chi connectivity index (χ1v) is 10.2. The fourth-order valence-corrected chi connectivity index (χ4v) is 4.09. The molecule has 4 N–H and O–H groups in total. The van der Waals surface area contributed by atoms with E-state index in [2.05, 4.69) is 0 Å². The number of fused-ring (bicyclic) bond motifs is 1. The van der Waals surface area contributed by atoms with E-state index in [1.54, 1.807) is 6.07 Å². The third-order valence-electron chi connectivity index (χ3n) is 5.27. The van der Waals surface area contributed by atoms with Crippen LogP contribution in [0.25, 0.3) is 0 Å². The SMILES string of the molecule is O=C1CCOc2c(Cc3cc(Cl)ccc3O)c(O)c(Cc3cc(Cl)ccc3O)c(O)c21. The Morgan fingerprint density at radius 3 is 1.94 bits per heavy atom. The smallest absolute Gasteiger partial charge is 0.173 e. The Hall–Kier alpha value is -3.09. The van der Waals surface area contributed by atoms with E-state index in [0.717, 1.165) is 0 Å². The summed E-state index contributed by atoms with van der Waals surface area (Å²) in [6.07, 6.45) is -0.00313. The minimum atomic E-state index is -0.407. The zero-order valence-corrected chi connectivity index (χ0v) is 17.7. The van der Waals surface area contributed by atoms with Crippen molar-refractivity contribution in [3.8, 4) is 28.7 Å². The fourth-order valence-electron chi connectivity index (χ4n) is 3.70.